The van der Waals surface area contributed by atoms with E-state index < -0.39 is 0 Å². The van der Waals surface area contributed by atoms with Crippen LogP contribution in [0.1, 0.15) is 39.3 Å². The molecule has 0 aliphatic carbocycles. The molecule has 1 saturated heterocycles. The molecule has 0 saturated carbocycles. The fourth-order valence-corrected chi connectivity index (χ4v) is 3.10. The van der Waals surface area contributed by atoms with Crippen LogP contribution in [0.2, 0.25) is 0 Å². The molecule has 0 bridgehead atoms. The molecule has 2 atom stereocenters. The van der Waals surface area contributed by atoms with Crippen LogP contribution in [-0.2, 0) is 0 Å². The minimum absolute atomic E-state index is 0.201. The first-order valence-corrected chi connectivity index (χ1v) is 7.44. The van der Waals surface area contributed by atoms with Crippen molar-refractivity contribution in [3.8, 4) is 0 Å². The Morgan fingerprint density at radius 1 is 1.44 bits per heavy atom. The zero-order valence-corrected chi connectivity index (χ0v) is 13.3. The van der Waals surface area contributed by atoms with E-state index in [4.69, 9.17) is 0 Å². The van der Waals surface area contributed by atoms with Crippen molar-refractivity contribution < 1.29 is 0 Å². The number of hydrogen-bond donors (Lipinski definition) is 1. The van der Waals surface area contributed by atoms with Gasteiger partial charge in [-0.25, -0.2) is 0 Å². The number of halogens is 1. The largest absolute Gasteiger partial charge is 0.309 e. The number of benzene rings is 1. The molecule has 1 fully saturated rings. The molecule has 2 nitrogen and oxygen atoms in total. The SMILES string of the molecule is CC1CNC(C)(C)CN1C(C)c1cccc(Br)c1. The summed E-state index contributed by atoms with van der Waals surface area (Å²) in [4.78, 5) is 2.60. The highest BCUT2D eigenvalue weighted by Gasteiger charge is 2.33. The molecule has 1 N–H and O–H groups in total. The van der Waals surface area contributed by atoms with Gasteiger partial charge in [-0.15, -0.1) is 0 Å². The van der Waals surface area contributed by atoms with Crippen molar-refractivity contribution in [3.05, 3.63) is 34.3 Å². The highest BCUT2D eigenvalue weighted by molar-refractivity contribution is 9.10. The third-order valence-corrected chi connectivity index (χ3v) is 4.34. The van der Waals surface area contributed by atoms with E-state index in [-0.39, 0.29) is 5.54 Å². The lowest BCUT2D eigenvalue weighted by molar-refractivity contribution is 0.0689. The summed E-state index contributed by atoms with van der Waals surface area (Å²) in [5.41, 5.74) is 1.58. The van der Waals surface area contributed by atoms with E-state index in [1.54, 1.807) is 0 Å². The molecule has 1 heterocycles. The van der Waals surface area contributed by atoms with Gasteiger partial charge in [0.2, 0.25) is 0 Å². The predicted octanol–water partition coefficient (Wildman–Crippen LogP) is 3.58. The molecule has 2 unspecified atom stereocenters. The summed E-state index contributed by atoms with van der Waals surface area (Å²) in [5, 5.41) is 3.60. The summed E-state index contributed by atoms with van der Waals surface area (Å²) < 4.78 is 1.16. The molecule has 100 valence electrons. The maximum atomic E-state index is 3.60. The first-order chi connectivity index (χ1) is 8.39. The van der Waals surface area contributed by atoms with Crippen molar-refractivity contribution in [2.24, 2.45) is 0 Å². The van der Waals surface area contributed by atoms with Crippen molar-refractivity contribution >= 4 is 15.9 Å². The lowest BCUT2D eigenvalue weighted by Crippen LogP contribution is -2.61. The van der Waals surface area contributed by atoms with Crippen molar-refractivity contribution in [2.45, 2.75) is 45.3 Å². The van der Waals surface area contributed by atoms with E-state index in [9.17, 15) is 0 Å². The molecule has 0 radical (unpaired) electrons. The molecule has 1 aliphatic heterocycles. The molecule has 18 heavy (non-hydrogen) atoms. The van der Waals surface area contributed by atoms with Gasteiger partial charge >= 0.3 is 0 Å². The second-order valence-corrected chi connectivity index (χ2v) is 6.93. The second-order valence-electron chi connectivity index (χ2n) is 6.02. The molecule has 1 aromatic rings. The van der Waals surface area contributed by atoms with Gasteiger partial charge in [-0.2, -0.15) is 0 Å². The van der Waals surface area contributed by atoms with Gasteiger partial charge in [0.1, 0.15) is 0 Å². The predicted molar refractivity (Wildman–Crippen MR) is 80.8 cm³/mol. The summed E-state index contributed by atoms with van der Waals surface area (Å²) in [6, 6.07) is 9.68. The van der Waals surface area contributed by atoms with E-state index in [1.165, 1.54) is 5.56 Å². The maximum absolute atomic E-state index is 3.60. The molecular formula is C15H23BrN2. The quantitative estimate of drug-likeness (QED) is 0.898. The molecule has 1 aromatic carbocycles. The van der Waals surface area contributed by atoms with Gasteiger partial charge in [-0.3, -0.25) is 4.90 Å². The fraction of sp³-hybridized carbons (Fsp3) is 0.600. The van der Waals surface area contributed by atoms with Crippen LogP contribution in [0.15, 0.2) is 28.7 Å². The zero-order valence-electron chi connectivity index (χ0n) is 11.7. The molecule has 3 heteroatoms. The summed E-state index contributed by atoms with van der Waals surface area (Å²) in [7, 11) is 0. The van der Waals surface area contributed by atoms with Crippen LogP contribution in [0.25, 0.3) is 0 Å². The monoisotopic (exact) mass is 310 g/mol. The third-order valence-electron chi connectivity index (χ3n) is 3.85. The minimum Gasteiger partial charge on any atom is -0.309 e. The van der Waals surface area contributed by atoms with Gasteiger partial charge in [0.05, 0.1) is 0 Å². The Morgan fingerprint density at radius 3 is 2.83 bits per heavy atom. The molecule has 0 amide bonds. The number of rotatable bonds is 2. The Labute approximate surface area is 119 Å². The molecular weight excluding hydrogens is 288 g/mol. The average molecular weight is 311 g/mol. The van der Waals surface area contributed by atoms with Crippen LogP contribution in [0.4, 0.5) is 0 Å². The van der Waals surface area contributed by atoms with Crippen LogP contribution in [-0.4, -0.2) is 29.6 Å². The van der Waals surface area contributed by atoms with Gasteiger partial charge in [0, 0.05) is 35.2 Å². The summed E-state index contributed by atoms with van der Waals surface area (Å²) >= 11 is 3.56. The zero-order chi connectivity index (χ0) is 13.3. The second kappa shape index (κ2) is 5.32. The Bertz CT molecular complexity index is 417. The average Bonchev–Trinajstić information content (AvgIpc) is 2.31. The van der Waals surface area contributed by atoms with E-state index in [0.29, 0.717) is 12.1 Å². The van der Waals surface area contributed by atoms with Crippen molar-refractivity contribution in [3.63, 3.8) is 0 Å². The van der Waals surface area contributed by atoms with E-state index >= 15 is 0 Å². The summed E-state index contributed by atoms with van der Waals surface area (Å²) in [6.07, 6.45) is 0. The Morgan fingerprint density at radius 2 is 2.17 bits per heavy atom. The topological polar surface area (TPSA) is 15.3 Å². The summed E-state index contributed by atoms with van der Waals surface area (Å²) in [6.45, 7) is 11.3. The molecule has 0 spiro atoms. The normalized spacial score (nSPS) is 25.9. The van der Waals surface area contributed by atoms with Crippen molar-refractivity contribution in [2.75, 3.05) is 13.1 Å². The highest BCUT2D eigenvalue weighted by Crippen LogP contribution is 2.28. The highest BCUT2D eigenvalue weighted by atomic mass is 79.9. The van der Waals surface area contributed by atoms with E-state index in [1.807, 2.05) is 0 Å². The lowest BCUT2D eigenvalue weighted by Gasteiger charge is -2.46. The van der Waals surface area contributed by atoms with Gasteiger partial charge in [0.15, 0.2) is 0 Å². The molecule has 0 aromatic heterocycles. The first-order valence-electron chi connectivity index (χ1n) is 6.65. The van der Waals surface area contributed by atoms with Crippen molar-refractivity contribution in [1.29, 1.82) is 0 Å². The van der Waals surface area contributed by atoms with Crippen LogP contribution < -0.4 is 5.32 Å². The number of nitrogens with zero attached hydrogens (tertiary/aromatic N) is 1. The fourth-order valence-electron chi connectivity index (χ4n) is 2.69. The molecule has 1 aliphatic rings. The van der Waals surface area contributed by atoms with Crippen LogP contribution in [0.5, 0.6) is 0 Å². The molecule has 2 rings (SSSR count). The van der Waals surface area contributed by atoms with Crippen LogP contribution in [0.3, 0.4) is 0 Å². The third kappa shape index (κ3) is 3.14. The number of piperazine rings is 1. The lowest BCUT2D eigenvalue weighted by atomic mass is 9.95. The smallest absolute Gasteiger partial charge is 0.0324 e. The van der Waals surface area contributed by atoms with Crippen molar-refractivity contribution in [1.82, 2.24) is 10.2 Å². The number of nitrogens with one attached hydrogen (secondary N) is 1. The van der Waals surface area contributed by atoms with Gasteiger partial charge < -0.3 is 5.32 Å². The Balaban J connectivity index is 2.19. The van der Waals surface area contributed by atoms with Crippen LogP contribution >= 0.6 is 15.9 Å². The first kappa shape index (κ1) is 14.0. The number of hydrogen-bond acceptors (Lipinski definition) is 2. The standard InChI is InChI=1S/C15H23BrN2/c1-11-9-17-15(3,4)10-18(11)12(2)13-6-5-7-14(16)8-13/h5-8,11-12,17H,9-10H2,1-4H3. The van der Waals surface area contributed by atoms with E-state index in [2.05, 4.69) is 78.1 Å². The van der Waals surface area contributed by atoms with Crippen LogP contribution in [0, 0.1) is 0 Å². The summed E-state index contributed by atoms with van der Waals surface area (Å²) in [5.74, 6) is 0. The van der Waals surface area contributed by atoms with Gasteiger partial charge in [-0.05, 0) is 45.4 Å². The Kier molecular flexibility index (Phi) is 4.15. The Hall–Kier alpha value is -0.380. The maximum Gasteiger partial charge on any atom is 0.0324 e. The van der Waals surface area contributed by atoms with E-state index in [0.717, 1.165) is 17.6 Å². The van der Waals surface area contributed by atoms with Gasteiger partial charge in [-0.1, -0.05) is 28.1 Å². The van der Waals surface area contributed by atoms with Gasteiger partial charge in [0.25, 0.3) is 0 Å². The minimum atomic E-state index is 0.201.